The van der Waals surface area contributed by atoms with E-state index in [9.17, 15) is 9.59 Å². The summed E-state index contributed by atoms with van der Waals surface area (Å²) in [4.78, 5) is 30.8. The summed E-state index contributed by atoms with van der Waals surface area (Å²) in [6.45, 7) is 7.40. The first kappa shape index (κ1) is 27.1. The molecule has 2 heterocycles. The van der Waals surface area contributed by atoms with Gasteiger partial charge in [0, 0.05) is 25.3 Å². The second-order valence-corrected chi connectivity index (χ2v) is 9.45. The molecular formula is C30H38N4O4. The molecule has 2 N–H and O–H groups in total. The Morgan fingerprint density at radius 2 is 1.82 bits per heavy atom. The topological polar surface area (TPSA) is 87.0 Å². The molecule has 0 atom stereocenters. The van der Waals surface area contributed by atoms with Crippen LogP contribution in [-0.4, -0.2) is 43.1 Å². The van der Waals surface area contributed by atoms with Crippen molar-refractivity contribution in [3.8, 4) is 5.75 Å². The molecule has 8 nitrogen and oxygen atoms in total. The number of amides is 3. The van der Waals surface area contributed by atoms with Crippen LogP contribution in [-0.2, 0) is 6.54 Å². The van der Waals surface area contributed by atoms with Crippen molar-refractivity contribution in [2.75, 3.05) is 41.8 Å². The van der Waals surface area contributed by atoms with Crippen LogP contribution in [0.15, 0.2) is 65.3 Å². The molecule has 202 valence electrons. The van der Waals surface area contributed by atoms with Crippen LogP contribution in [0.5, 0.6) is 5.75 Å². The molecule has 1 aliphatic rings. The fraction of sp³-hybridized carbons (Fsp3) is 0.400. The van der Waals surface area contributed by atoms with Gasteiger partial charge in [0.25, 0.3) is 5.91 Å². The Balaban J connectivity index is 1.61. The minimum atomic E-state index is -0.403. The van der Waals surface area contributed by atoms with Crippen LogP contribution < -0.4 is 20.3 Å². The van der Waals surface area contributed by atoms with Crippen LogP contribution in [0.3, 0.4) is 0 Å². The smallest absolute Gasteiger partial charge is 0.323 e. The lowest BCUT2D eigenvalue weighted by molar-refractivity contribution is 0.0725. The quantitative estimate of drug-likeness (QED) is 0.293. The lowest BCUT2D eigenvalue weighted by atomic mass is 10.1. The largest absolute Gasteiger partial charge is 0.492 e. The summed E-state index contributed by atoms with van der Waals surface area (Å²) in [5, 5.41) is 5.76. The van der Waals surface area contributed by atoms with Crippen LogP contribution in [0.25, 0.3) is 0 Å². The molecule has 38 heavy (non-hydrogen) atoms. The molecule has 1 aromatic heterocycles. The average molecular weight is 519 g/mol. The van der Waals surface area contributed by atoms with Crippen LogP contribution in [0, 0.1) is 0 Å². The van der Waals surface area contributed by atoms with Crippen molar-refractivity contribution in [1.82, 2.24) is 4.90 Å². The van der Waals surface area contributed by atoms with Gasteiger partial charge in [0.15, 0.2) is 0 Å². The third-order valence-corrected chi connectivity index (χ3v) is 6.61. The molecule has 0 radical (unpaired) electrons. The van der Waals surface area contributed by atoms with Crippen LogP contribution in [0.2, 0.25) is 0 Å². The average Bonchev–Trinajstić information content (AvgIpc) is 3.45. The SMILES string of the molecule is CCCCN(Cc1ccco1)c1ccc(NC(=O)Nc2ccccc2OCC)cc1C(=O)N1CCCCC1. The molecule has 4 rings (SSSR count). The fourth-order valence-corrected chi connectivity index (χ4v) is 4.69. The number of carbonyl (C=O) groups is 2. The van der Waals surface area contributed by atoms with E-state index < -0.39 is 6.03 Å². The van der Waals surface area contributed by atoms with Crippen LogP contribution in [0.1, 0.15) is 62.1 Å². The predicted molar refractivity (Wildman–Crippen MR) is 151 cm³/mol. The second kappa shape index (κ2) is 13.6. The Morgan fingerprint density at radius 3 is 2.55 bits per heavy atom. The highest BCUT2D eigenvalue weighted by molar-refractivity contribution is 6.04. The summed E-state index contributed by atoms with van der Waals surface area (Å²) in [7, 11) is 0. The van der Waals surface area contributed by atoms with E-state index in [1.807, 2.05) is 54.3 Å². The zero-order valence-electron chi connectivity index (χ0n) is 22.4. The molecule has 0 saturated carbocycles. The van der Waals surface area contributed by atoms with Crippen molar-refractivity contribution in [2.24, 2.45) is 0 Å². The maximum Gasteiger partial charge on any atom is 0.323 e. The Morgan fingerprint density at radius 1 is 1.00 bits per heavy atom. The van der Waals surface area contributed by atoms with E-state index in [4.69, 9.17) is 9.15 Å². The number of nitrogens with zero attached hydrogens (tertiary/aromatic N) is 2. The highest BCUT2D eigenvalue weighted by Gasteiger charge is 2.24. The van der Waals surface area contributed by atoms with Crippen LogP contribution >= 0.6 is 0 Å². The Hall–Kier alpha value is -3.94. The number of nitrogens with one attached hydrogen (secondary N) is 2. The Kier molecular flexibility index (Phi) is 9.67. The maximum absolute atomic E-state index is 13.8. The maximum atomic E-state index is 13.8. The van der Waals surface area contributed by atoms with E-state index in [-0.39, 0.29) is 5.91 Å². The Labute approximate surface area is 224 Å². The number of piperidine rings is 1. The van der Waals surface area contributed by atoms with Gasteiger partial charge < -0.3 is 29.6 Å². The van der Waals surface area contributed by atoms with E-state index in [2.05, 4.69) is 22.5 Å². The molecule has 0 bridgehead atoms. The number of benzene rings is 2. The molecule has 1 aliphatic heterocycles. The first-order chi connectivity index (χ1) is 18.6. The van der Waals surface area contributed by atoms with Crippen molar-refractivity contribution >= 4 is 29.0 Å². The summed E-state index contributed by atoms with van der Waals surface area (Å²) < 4.78 is 11.2. The Bertz CT molecular complexity index is 1190. The molecule has 0 unspecified atom stereocenters. The van der Waals surface area contributed by atoms with Gasteiger partial charge in [-0.15, -0.1) is 0 Å². The minimum Gasteiger partial charge on any atom is -0.492 e. The summed E-state index contributed by atoms with van der Waals surface area (Å²) in [5.41, 5.74) is 2.56. The van der Waals surface area contributed by atoms with E-state index in [0.717, 1.165) is 63.2 Å². The summed E-state index contributed by atoms with van der Waals surface area (Å²) in [5.74, 6) is 1.43. The standard InChI is InChI=1S/C30H38N4O4/c1-3-5-17-34(22-24-12-11-20-38-24)27-16-15-23(21-25(27)29(35)33-18-9-6-10-19-33)31-30(36)32-26-13-7-8-14-28(26)37-4-2/h7-8,11-16,20-21H,3-6,9-10,17-19,22H2,1-2H3,(H2,31,32,36). The van der Waals surface area contributed by atoms with Gasteiger partial charge in [0.05, 0.1) is 36.4 Å². The van der Waals surface area contributed by atoms with Gasteiger partial charge in [-0.3, -0.25) is 4.79 Å². The first-order valence-electron chi connectivity index (χ1n) is 13.6. The lowest BCUT2D eigenvalue weighted by Crippen LogP contribution is -2.37. The van der Waals surface area contributed by atoms with E-state index in [1.165, 1.54) is 0 Å². The van der Waals surface area contributed by atoms with Crippen molar-refractivity contribution in [3.05, 3.63) is 72.2 Å². The highest BCUT2D eigenvalue weighted by Crippen LogP contribution is 2.30. The number of hydrogen-bond acceptors (Lipinski definition) is 5. The second-order valence-electron chi connectivity index (χ2n) is 9.45. The van der Waals surface area contributed by atoms with Crippen molar-refractivity contribution in [2.45, 2.75) is 52.5 Å². The van der Waals surface area contributed by atoms with Gasteiger partial charge in [-0.05, 0) is 75.1 Å². The molecule has 0 spiro atoms. The molecule has 2 aromatic carbocycles. The molecule has 1 fully saturated rings. The number of carbonyl (C=O) groups excluding carboxylic acids is 2. The third kappa shape index (κ3) is 7.09. The zero-order valence-corrected chi connectivity index (χ0v) is 22.4. The lowest BCUT2D eigenvalue weighted by Gasteiger charge is -2.31. The van der Waals surface area contributed by atoms with Gasteiger partial charge in [-0.1, -0.05) is 25.5 Å². The molecule has 1 saturated heterocycles. The molecule has 3 aromatic rings. The van der Waals surface area contributed by atoms with Crippen LogP contribution in [0.4, 0.5) is 21.9 Å². The number of hydrogen-bond donors (Lipinski definition) is 2. The molecular weight excluding hydrogens is 480 g/mol. The summed E-state index contributed by atoms with van der Waals surface area (Å²) in [6, 6.07) is 16.3. The van der Waals surface area contributed by atoms with Gasteiger partial charge in [-0.25, -0.2) is 4.79 Å². The van der Waals surface area contributed by atoms with Crippen molar-refractivity contribution in [3.63, 3.8) is 0 Å². The molecule has 0 aliphatic carbocycles. The third-order valence-electron chi connectivity index (χ3n) is 6.61. The first-order valence-corrected chi connectivity index (χ1v) is 13.6. The monoisotopic (exact) mass is 518 g/mol. The number of ether oxygens (including phenoxy) is 1. The molecule has 3 amide bonds. The summed E-state index contributed by atoms with van der Waals surface area (Å²) in [6.07, 6.45) is 6.84. The zero-order chi connectivity index (χ0) is 26.7. The number of likely N-dealkylation sites (tertiary alicyclic amines) is 1. The van der Waals surface area contributed by atoms with Gasteiger partial charge in [0.1, 0.15) is 11.5 Å². The predicted octanol–water partition coefficient (Wildman–Crippen LogP) is 6.76. The van der Waals surface area contributed by atoms with Crippen molar-refractivity contribution < 1.29 is 18.7 Å². The molecule has 8 heteroatoms. The number of urea groups is 1. The van der Waals surface area contributed by atoms with Gasteiger partial charge in [0.2, 0.25) is 0 Å². The number of para-hydroxylation sites is 2. The number of anilines is 3. The normalized spacial score (nSPS) is 13.2. The number of unbranched alkanes of at least 4 members (excludes halogenated alkanes) is 1. The van der Waals surface area contributed by atoms with Gasteiger partial charge in [-0.2, -0.15) is 0 Å². The van der Waals surface area contributed by atoms with E-state index in [1.54, 1.807) is 18.4 Å². The minimum absolute atomic E-state index is 0.00797. The van der Waals surface area contributed by atoms with E-state index >= 15 is 0 Å². The van der Waals surface area contributed by atoms with E-state index in [0.29, 0.717) is 35.8 Å². The highest BCUT2D eigenvalue weighted by atomic mass is 16.5. The number of rotatable bonds is 11. The van der Waals surface area contributed by atoms with Gasteiger partial charge >= 0.3 is 6.03 Å². The number of furan rings is 1. The summed E-state index contributed by atoms with van der Waals surface area (Å²) >= 11 is 0. The fourth-order valence-electron chi connectivity index (χ4n) is 4.69. The van der Waals surface area contributed by atoms with Crippen molar-refractivity contribution in [1.29, 1.82) is 0 Å².